The number of benzene rings is 1. The van der Waals surface area contributed by atoms with Gasteiger partial charge in [-0.3, -0.25) is 0 Å². The molecule has 20 heavy (non-hydrogen) atoms. The van der Waals surface area contributed by atoms with Crippen LogP contribution >= 0.6 is 0 Å². The van der Waals surface area contributed by atoms with Crippen molar-refractivity contribution in [2.75, 3.05) is 0 Å². The van der Waals surface area contributed by atoms with Gasteiger partial charge in [-0.1, -0.05) is 11.6 Å². The second kappa shape index (κ2) is 4.65. The summed E-state index contributed by atoms with van der Waals surface area (Å²) in [5, 5.41) is 13.3. The van der Waals surface area contributed by atoms with Gasteiger partial charge in [0.2, 0.25) is 5.88 Å². The minimum absolute atomic E-state index is 0.105. The summed E-state index contributed by atoms with van der Waals surface area (Å²) in [6, 6.07) is 6.73. The third-order valence-corrected chi connectivity index (χ3v) is 2.86. The summed E-state index contributed by atoms with van der Waals surface area (Å²) in [7, 11) is 0. The maximum Gasteiger partial charge on any atom is 0.339 e. The summed E-state index contributed by atoms with van der Waals surface area (Å²) in [5.74, 6) is -0.467. The van der Waals surface area contributed by atoms with Crippen LogP contribution in [0.25, 0.3) is 5.52 Å². The Hall–Kier alpha value is -2.89. The van der Waals surface area contributed by atoms with E-state index in [2.05, 4.69) is 10.1 Å². The van der Waals surface area contributed by atoms with Crippen molar-refractivity contribution in [1.82, 2.24) is 14.6 Å². The van der Waals surface area contributed by atoms with Gasteiger partial charge in [-0.15, -0.1) is 0 Å². The maximum atomic E-state index is 11.3. The molecule has 0 bridgehead atoms. The molecule has 0 amide bonds. The molecule has 0 fully saturated rings. The smallest absolute Gasteiger partial charge is 0.339 e. The van der Waals surface area contributed by atoms with Crippen LogP contribution in [0.2, 0.25) is 0 Å². The van der Waals surface area contributed by atoms with Crippen LogP contribution in [0, 0.1) is 6.92 Å². The van der Waals surface area contributed by atoms with E-state index >= 15 is 0 Å². The monoisotopic (exact) mass is 269 g/mol. The van der Waals surface area contributed by atoms with E-state index in [1.54, 1.807) is 47.4 Å². The molecule has 0 saturated heterocycles. The molecule has 6 heteroatoms. The van der Waals surface area contributed by atoms with Crippen LogP contribution < -0.4 is 4.74 Å². The first-order valence-corrected chi connectivity index (χ1v) is 5.95. The summed E-state index contributed by atoms with van der Waals surface area (Å²) >= 11 is 0. The van der Waals surface area contributed by atoms with E-state index in [9.17, 15) is 9.90 Å². The highest BCUT2D eigenvalue weighted by Crippen LogP contribution is 2.27. The van der Waals surface area contributed by atoms with Crippen molar-refractivity contribution >= 4 is 11.5 Å². The number of aryl methyl sites for hydroxylation is 1. The summed E-state index contributed by atoms with van der Waals surface area (Å²) in [4.78, 5) is 15.4. The van der Waals surface area contributed by atoms with Gasteiger partial charge in [-0.05, 0) is 25.1 Å². The number of aromatic carboxylic acids is 1. The molecule has 0 unspecified atom stereocenters. The fourth-order valence-electron chi connectivity index (χ4n) is 1.92. The largest absolute Gasteiger partial charge is 0.478 e. The van der Waals surface area contributed by atoms with Crippen LogP contribution in [-0.4, -0.2) is 25.7 Å². The van der Waals surface area contributed by atoms with Crippen molar-refractivity contribution in [2.45, 2.75) is 6.92 Å². The number of ether oxygens (including phenoxy) is 1. The molecule has 0 spiro atoms. The second-order valence-electron chi connectivity index (χ2n) is 4.30. The van der Waals surface area contributed by atoms with Gasteiger partial charge in [0.1, 0.15) is 16.8 Å². The molecule has 0 aliphatic carbocycles. The van der Waals surface area contributed by atoms with Crippen LogP contribution in [-0.2, 0) is 0 Å². The summed E-state index contributed by atoms with van der Waals surface area (Å²) in [6.07, 6.45) is 4.86. The standard InChI is InChI=1S/C14H11N3O3/c1-9-2-3-12(10(8-9)14(18)19)20-13-11-4-5-16-17(11)7-6-15-13/h2-8H,1H3,(H,18,19). The van der Waals surface area contributed by atoms with E-state index < -0.39 is 5.97 Å². The van der Waals surface area contributed by atoms with E-state index in [-0.39, 0.29) is 11.3 Å². The molecule has 0 saturated carbocycles. The van der Waals surface area contributed by atoms with Crippen LogP contribution in [0.4, 0.5) is 0 Å². The fraction of sp³-hybridized carbons (Fsp3) is 0.0714. The lowest BCUT2D eigenvalue weighted by Gasteiger charge is -2.09. The predicted molar refractivity (Wildman–Crippen MR) is 71.2 cm³/mol. The number of carbonyl (C=O) groups is 1. The molecule has 3 aromatic rings. The SMILES string of the molecule is Cc1ccc(Oc2nccn3nccc23)c(C(=O)O)c1. The van der Waals surface area contributed by atoms with E-state index in [0.29, 0.717) is 11.4 Å². The van der Waals surface area contributed by atoms with E-state index in [4.69, 9.17) is 4.74 Å². The first kappa shape index (κ1) is 12.2. The molecular weight excluding hydrogens is 258 g/mol. The Morgan fingerprint density at radius 3 is 2.95 bits per heavy atom. The number of aromatic nitrogens is 3. The molecule has 2 aromatic heterocycles. The van der Waals surface area contributed by atoms with Gasteiger partial charge in [0.15, 0.2) is 0 Å². The van der Waals surface area contributed by atoms with Crippen molar-refractivity contribution in [1.29, 1.82) is 0 Å². The van der Waals surface area contributed by atoms with Gasteiger partial charge in [-0.25, -0.2) is 14.3 Å². The van der Waals surface area contributed by atoms with E-state index in [1.165, 1.54) is 0 Å². The molecule has 100 valence electrons. The van der Waals surface area contributed by atoms with Crippen molar-refractivity contribution in [3.63, 3.8) is 0 Å². The number of carboxylic acids is 1. The highest BCUT2D eigenvalue weighted by Gasteiger charge is 2.14. The summed E-state index contributed by atoms with van der Waals surface area (Å²) in [6.45, 7) is 1.83. The molecule has 0 aliphatic rings. The van der Waals surface area contributed by atoms with Crippen molar-refractivity contribution in [3.05, 3.63) is 54.0 Å². The number of carboxylic acid groups (broad SMARTS) is 1. The Labute approximate surface area is 114 Å². The van der Waals surface area contributed by atoms with E-state index in [0.717, 1.165) is 5.56 Å². The molecule has 0 aliphatic heterocycles. The van der Waals surface area contributed by atoms with Gasteiger partial charge in [0.05, 0.1) is 6.20 Å². The molecule has 1 N–H and O–H groups in total. The lowest BCUT2D eigenvalue weighted by atomic mass is 10.1. The third-order valence-electron chi connectivity index (χ3n) is 2.86. The maximum absolute atomic E-state index is 11.3. The number of nitrogens with zero attached hydrogens (tertiary/aromatic N) is 3. The van der Waals surface area contributed by atoms with Gasteiger partial charge in [-0.2, -0.15) is 5.10 Å². The average Bonchev–Trinajstić information content (AvgIpc) is 2.90. The molecule has 3 rings (SSSR count). The fourth-order valence-corrected chi connectivity index (χ4v) is 1.92. The zero-order chi connectivity index (χ0) is 14.1. The number of fused-ring (bicyclic) bond motifs is 1. The van der Waals surface area contributed by atoms with E-state index in [1.807, 2.05) is 6.92 Å². The Bertz CT molecular complexity index is 795. The average molecular weight is 269 g/mol. The van der Waals surface area contributed by atoms with Gasteiger partial charge in [0, 0.05) is 12.4 Å². The number of hydrogen-bond acceptors (Lipinski definition) is 4. The molecular formula is C14H11N3O3. The van der Waals surface area contributed by atoms with Gasteiger partial charge >= 0.3 is 5.97 Å². The topological polar surface area (TPSA) is 76.7 Å². The minimum Gasteiger partial charge on any atom is -0.478 e. The van der Waals surface area contributed by atoms with Crippen molar-refractivity contribution < 1.29 is 14.6 Å². The molecule has 0 atom stereocenters. The van der Waals surface area contributed by atoms with Crippen molar-refractivity contribution in [2.24, 2.45) is 0 Å². The molecule has 1 aromatic carbocycles. The van der Waals surface area contributed by atoms with Gasteiger partial charge < -0.3 is 9.84 Å². The zero-order valence-corrected chi connectivity index (χ0v) is 10.6. The van der Waals surface area contributed by atoms with Gasteiger partial charge in [0.25, 0.3) is 0 Å². The molecule has 0 radical (unpaired) electrons. The highest BCUT2D eigenvalue weighted by atomic mass is 16.5. The summed E-state index contributed by atoms with van der Waals surface area (Å²) < 4.78 is 7.25. The Kier molecular flexibility index (Phi) is 2.83. The first-order chi connectivity index (χ1) is 9.65. The Morgan fingerprint density at radius 1 is 1.30 bits per heavy atom. The first-order valence-electron chi connectivity index (χ1n) is 5.95. The van der Waals surface area contributed by atoms with Crippen LogP contribution in [0.1, 0.15) is 15.9 Å². The molecule has 2 heterocycles. The highest BCUT2D eigenvalue weighted by molar-refractivity contribution is 5.91. The normalized spacial score (nSPS) is 10.7. The van der Waals surface area contributed by atoms with Crippen LogP contribution in [0.15, 0.2) is 42.9 Å². The lowest BCUT2D eigenvalue weighted by molar-refractivity contribution is 0.0694. The lowest BCUT2D eigenvalue weighted by Crippen LogP contribution is -2.02. The number of rotatable bonds is 3. The number of hydrogen-bond donors (Lipinski definition) is 1. The Morgan fingerprint density at radius 2 is 2.15 bits per heavy atom. The second-order valence-corrected chi connectivity index (χ2v) is 4.30. The third kappa shape index (κ3) is 2.07. The predicted octanol–water partition coefficient (Wildman–Crippen LogP) is 2.53. The van der Waals surface area contributed by atoms with Crippen molar-refractivity contribution in [3.8, 4) is 11.6 Å². The zero-order valence-electron chi connectivity index (χ0n) is 10.6. The summed E-state index contributed by atoms with van der Waals surface area (Å²) in [5.41, 5.74) is 1.63. The van der Waals surface area contributed by atoms with Crippen LogP contribution in [0.5, 0.6) is 11.6 Å². The quantitative estimate of drug-likeness (QED) is 0.790. The molecule has 6 nitrogen and oxygen atoms in total. The van der Waals surface area contributed by atoms with Crippen LogP contribution in [0.3, 0.4) is 0 Å². The minimum atomic E-state index is -1.04. The Balaban J connectivity index is 2.07.